The molecular formula is C18H17N5O2. The van der Waals surface area contributed by atoms with Gasteiger partial charge in [-0.3, -0.25) is 4.79 Å². The molecule has 0 radical (unpaired) electrons. The number of nitrogens with one attached hydrogen (secondary N) is 1. The van der Waals surface area contributed by atoms with Crippen LogP contribution in [0.1, 0.15) is 11.1 Å². The predicted molar refractivity (Wildman–Crippen MR) is 91.7 cm³/mol. The molecule has 0 fully saturated rings. The Morgan fingerprint density at radius 1 is 1.28 bits per heavy atom. The molecule has 1 aromatic heterocycles. The molecule has 2 heterocycles. The molecule has 7 heteroatoms. The molecule has 1 amide bonds. The van der Waals surface area contributed by atoms with E-state index in [0.717, 1.165) is 28.3 Å². The molecule has 0 aliphatic carbocycles. The molecule has 2 aromatic carbocycles. The van der Waals surface area contributed by atoms with E-state index < -0.39 is 0 Å². The first-order chi connectivity index (χ1) is 12.2. The van der Waals surface area contributed by atoms with E-state index in [1.807, 2.05) is 49.4 Å². The normalized spacial score (nSPS) is 16.0. The molecule has 1 aliphatic heterocycles. The third-order valence-electron chi connectivity index (χ3n) is 4.34. The number of hydrogen-bond donors (Lipinski definition) is 1. The number of benzene rings is 2. The van der Waals surface area contributed by atoms with E-state index in [9.17, 15) is 4.79 Å². The molecule has 3 aromatic rings. The number of aromatic nitrogens is 4. The first kappa shape index (κ1) is 15.3. The third kappa shape index (κ3) is 3.08. The van der Waals surface area contributed by atoms with Crippen LogP contribution in [0.4, 0.5) is 5.69 Å². The van der Waals surface area contributed by atoms with Gasteiger partial charge in [0, 0.05) is 5.69 Å². The number of hydrogen-bond acceptors (Lipinski definition) is 5. The Bertz CT molecular complexity index is 908. The van der Waals surface area contributed by atoms with Crippen LogP contribution in [0.25, 0.3) is 5.69 Å². The summed E-state index contributed by atoms with van der Waals surface area (Å²) in [4.78, 5) is 12.7. The number of para-hydroxylation sites is 1. The molecule has 1 atom stereocenters. The summed E-state index contributed by atoms with van der Waals surface area (Å²) in [6, 6.07) is 13.5. The molecule has 25 heavy (non-hydrogen) atoms. The molecule has 0 bridgehead atoms. The second-order valence-corrected chi connectivity index (χ2v) is 6.06. The van der Waals surface area contributed by atoms with Crippen molar-refractivity contribution in [3.8, 4) is 11.4 Å². The molecule has 7 nitrogen and oxygen atoms in total. The minimum absolute atomic E-state index is 0.0496. The monoisotopic (exact) mass is 335 g/mol. The number of tetrazole rings is 1. The van der Waals surface area contributed by atoms with Gasteiger partial charge in [-0.1, -0.05) is 24.3 Å². The van der Waals surface area contributed by atoms with E-state index in [2.05, 4.69) is 20.8 Å². The molecule has 1 N–H and O–H groups in total. The number of aryl methyl sites for hydroxylation is 1. The molecule has 0 unspecified atom stereocenters. The molecule has 0 saturated heterocycles. The quantitative estimate of drug-likeness (QED) is 0.793. The van der Waals surface area contributed by atoms with Crippen molar-refractivity contribution in [1.82, 2.24) is 20.2 Å². The molecule has 4 rings (SSSR count). The molecule has 0 spiro atoms. The Hall–Kier alpha value is -3.22. The van der Waals surface area contributed by atoms with Crippen molar-refractivity contribution in [1.29, 1.82) is 0 Å². The van der Waals surface area contributed by atoms with Crippen LogP contribution >= 0.6 is 0 Å². The minimum Gasteiger partial charge on any atom is -0.492 e. The smallest absolute Gasteiger partial charge is 0.231 e. The van der Waals surface area contributed by atoms with E-state index in [1.165, 1.54) is 6.33 Å². The summed E-state index contributed by atoms with van der Waals surface area (Å²) in [6.07, 6.45) is 2.19. The van der Waals surface area contributed by atoms with Crippen molar-refractivity contribution in [3.05, 3.63) is 59.9 Å². The lowest BCUT2D eigenvalue weighted by Crippen LogP contribution is -2.32. The van der Waals surface area contributed by atoms with E-state index >= 15 is 0 Å². The zero-order valence-corrected chi connectivity index (χ0v) is 13.7. The van der Waals surface area contributed by atoms with Gasteiger partial charge in [-0.15, -0.1) is 5.10 Å². The van der Waals surface area contributed by atoms with E-state index in [-0.39, 0.29) is 11.8 Å². The number of anilines is 1. The summed E-state index contributed by atoms with van der Waals surface area (Å²) in [5.74, 6) is 0.598. The fourth-order valence-electron chi connectivity index (χ4n) is 2.90. The lowest BCUT2D eigenvalue weighted by Gasteiger charge is -2.24. The highest BCUT2D eigenvalue weighted by atomic mass is 16.5. The van der Waals surface area contributed by atoms with Crippen molar-refractivity contribution in [3.63, 3.8) is 0 Å². The summed E-state index contributed by atoms with van der Waals surface area (Å²) in [5.41, 5.74) is 3.57. The van der Waals surface area contributed by atoms with Gasteiger partial charge in [0.15, 0.2) is 0 Å². The second kappa shape index (κ2) is 6.35. The topological polar surface area (TPSA) is 81.9 Å². The van der Waals surface area contributed by atoms with Gasteiger partial charge in [0.1, 0.15) is 18.7 Å². The van der Waals surface area contributed by atoms with Gasteiger partial charge in [0.05, 0.1) is 11.6 Å². The first-order valence-electron chi connectivity index (χ1n) is 8.06. The number of ether oxygens (including phenoxy) is 1. The SMILES string of the molecule is Cc1ccc(-n2cnnn2)cc1NC(=O)[C@H]1COc2ccccc2C1. The lowest BCUT2D eigenvalue weighted by atomic mass is 9.96. The van der Waals surface area contributed by atoms with Crippen LogP contribution in [-0.2, 0) is 11.2 Å². The Kier molecular flexibility index (Phi) is 3.89. The van der Waals surface area contributed by atoms with E-state index in [0.29, 0.717) is 13.0 Å². The van der Waals surface area contributed by atoms with Gasteiger partial charge in [-0.25, -0.2) is 4.68 Å². The number of fused-ring (bicyclic) bond motifs is 1. The molecule has 1 aliphatic rings. The van der Waals surface area contributed by atoms with Crippen LogP contribution in [0, 0.1) is 12.8 Å². The fourth-order valence-corrected chi connectivity index (χ4v) is 2.90. The highest BCUT2D eigenvalue weighted by Gasteiger charge is 2.26. The standard InChI is InChI=1S/C18H17N5O2/c1-12-6-7-15(23-11-19-21-22-23)9-16(12)20-18(24)14-8-13-4-2-3-5-17(13)25-10-14/h2-7,9,11,14H,8,10H2,1H3,(H,20,24)/t14-/m1/s1. The van der Waals surface area contributed by atoms with Crippen LogP contribution in [0.5, 0.6) is 5.75 Å². The van der Waals surface area contributed by atoms with E-state index in [4.69, 9.17) is 4.74 Å². The zero-order chi connectivity index (χ0) is 17.2. The van der Waals surface area contributed by atoms with Crippen LogP contribution in [0.3, 0.4) is 0 Å². The highest BCUT2D eigenvalue weighted by Crippen LogP contribution is 2.28. The summed E-state index contributed by atoms with van der Waals surface area (Å²) in [7, 11) is 0. The van der Waals surface area contributed by atoms with Gasteiger partial charge < -0.3 is 10.1 Å². The van der Waals surface area contributed by atoms with Crippen molar-refractivity contribution in [2.24, 2.45) is 5.92 Å². The average Bonchev–Trinajstić information content (AvgIpc) is 3.18. The van der Waals surface area contributed by atoms with Crippen molar-refractivity contribution >= 4 is 11.6 Å². The van der Waals surface area contributed by atoms with Crippen molar-refractivity contribution in [2.75, 3.05) is 11.9 Å². The number of rotatable bonds is 3. The first-order valence-corrected chi connectivity index (χ1v) is 8.06. The number of carbonyl (C=O) groups is 1. The van der Waals surface area contributed by atoms with Crippen LogP contribution in [0.2, 0.25) is 0 Å². The summed E-state index contributed by atoms with van der Waals surface area (Å²) in [5, 5.41) is 14.2. The number of amides is 1. The Morgan fingerprint density at radius 3 is 3.00 bits per heavy atom. The highest BCUT2D eigenvalue weighted by molar-refractivity contribution is 5.94. The van der Waals surface area contributed by atoms with Gasteiger partial charge in [-0.05, 0) is 53.1 Å². The second-order valence-electron chi connectivity index (χ2n) is 6.06. The Labute approximate surface area is 144 Å². The molecule has 126 valence electrons. The fraction of sp³-hybridized carbons (Fsp3) is 0.222. The van der Waals surface area contributed by atoms with Gasteiger partial charge >= 0.3 is 0 Å². The molecular weight excluding hydrogens is 318 g/mol. The minimum atomic E-state index is -0.217. The van der Waals surface area contributed by atoms with Crippen LogP contribution < -0.4 is 10.1 Å². The van der Waals surface area contributed by atoms with Gasteiger partial charge in [0.25, 0.3) is 0 Å². The van der Waals surface area contributed by atoms with Crippen LogP contribution in [-0.4, -0.2) is 32.7 Å². The number of carbonyl (C=O) groups excluding carboxylic acids is 1. The summed E-state index contributed by atoms with van der Waals surface area (Å²) >= 11 is 0. The van der Waals surface area contributed by atoms with Crippen molar-refractivity contribution < 1.29 is 9.53 Å². The largest absolute Gasteiger partial charge is 0.492 e. The van der Waals surface area contributed by atoms with E-state index in [1.54, 1.807) is 4.68 Å². The molecule has 0 saturated carbocycles. The predicted octanol–water partition coefficient (Wildman–Crippen LogP) is 2.16. The van der Waals surface area contributed by atoms with Gasteiger partial charge in [-0.2, -0.15) is 0 Å². The third-order valence-corrected chi connectivity index (χ3v) is 4.34. The Balaban J connectivity index is 1.52. The van der Waals surface area contributed by atoms with Crippen LogP contribution in [0.15, 0.2) is 48.8 Å². The maximum absolute atomic E-state index is 12.7. The van der Waals surface area contributed by atoms with Gasteiger partial charge in [0.2, 0.25) is 5.91 Å². The lowest BCUT2D eigenvalue weighted by molar-refractivity contribution is -0.121. The number of nitrogens with zero attached hydrogens (tertiary/aromatic N) is 4. The average molecular weight is 335 g/mol. The maximum Gasteiger partial charge on any atom is 0.231 e. The van der Waals surface area contributed by atoms with Crippen molar-refractivity contribution in [2.45, 2.75) is 13.3 Å². The zero-order valence-electron chi connectivity index (χ0n) is 13.7. The maximum atomic E-state index is 12.7. The summed E-state index contributed by atoms with van der Waals surface area (Å²) in [6.45, 7) is 2.33. The Morgan fingerprint density at radius 2 is 2.16 bits per heavy atom. The summed E-state index contributed by atoms with van der Waals surface area (Å²) < 4.78 is 7.27.